The molecule has 2 unspecified atom stereocenters. The van der Waals surface area contributed by atoms with E-state index in [4.69, 9.17) is 18.9 Å². The first-order valence-electron chi connectivity index (χ1n) is 14.5. The maximum absolute atomic E-state index is 10.9. The summed E-state index contributed by atoms with van der Waals surface area (Å²) in [5.74, 6) is -5.95. The maximum atomic E-state index is 10.9. The van der Waals surface area contributed by atoms with Gasteiger partial charge in [-0.05, 0) is 77.7 Å². The summed E-state index contributed by atoms with van der Waals surface area (Å²) in [6.45, 7) is 32.7. The van der Waals surface area contributed by atoms with E-state index >= 15 is 0 Å². The normalized spacial score (nSPS) is 9.85. The molecule has 2 atom stereocenters. The number of rotatable bonds is 18. The third kappa shape index (κ3) is 63.2. The van der Waals surface area contributed by atoms with Gasteiger partial charge in [-0.3, -0.25) is 9.78 Å². The standard InChI is InChI=1S/2C9H16O5.4C4H6O2.Ti/c2*1-7(2)9(10)14-13-8(3)12-6-5-11-4;4*1-3(2)4(5)6;/h2*8H,1,5-6H2,2-4H3;4*1H2,2H3,(H,5,6);/q;;;;;;+4/p-4. The molecule has 0 bridgehead atoms. The molecule has 300 valence electrons. The van der Waals surface area contributed by atoms with Crippen molar-refractivity contribution in [2.24, 2.45) is 0 Å². The van der Waals surface area contributed by atoms with E-state index in [0.29, 0.717) is 26.4 Å². The van der Waals surface area contributed by atoms with Gasteiger partial charge >= 0.3 is 33.7 Å². The van der Waals surface area contributed by atoms with E-state index in [2.05, 4.69) is 59.0 Å². The van der Waals surface area contributed by atoms with Crippen molar-refractivity contribution >= 4 is 35.8 Å². The molecule has 0 aliphatic rings. The predicted molar refractivity (Wildman–Crippen MR) is 178 cm³/mol. The molecule has 0 aromatic rings. The van der Waals surface area contributed by atoms with Crippen LogP contribution in [0.2, 0.25) is 0 Å². The van der Waals surface area contributed by atoms with Crippen LogP contribution < -0.4 is 20.4 Å². The van der Waals surface area contributed by atoms with Crippen LogP contribution in [0.4, 0.5) is 0 Å². The van der Waals surface area contributed by atoms with Gasteiger partial charge in [-0.2, -0.15) is 9.78 Å². The molecule has 0 amide bonds. The summed E-state index contributed by atoms with van der Waals surface area (Å²) in [6, 6.07) is 0. The molecule has 53 heavy (non-hydrogen) atoms. The SMILES string of the molecule is C=C(C)C(=O)OOC(C)OCCOC.C=C(C)C(=O)OOC(C)OCCOC.C=C(C)C(=O)[O-].C=C(C)C(=O)[O-].C=C(C)C(=O)[O-].C=C(C)C(=O)[O-].[Ti+4]. The van der Waals surface area contributed by atoms with Gasteiger partial charge in [0.05, 0.1) is 50.3 Å². The summed E-state index contributed by atoms with van der Waals surface area (Å²) >= 11 is 0. The van der Waals surface area contributed by atoms with Crippen molar-refractivity contribution in [2.75, 3.05) is 40.6 Å². The molecular formula is C34H52O18Ti. The van der Waals surface area contributed by atoms with Crippen molar-refractivity contribution in [3.05, 3.63) is 72.9 Å². The molecule has 0 N–H and O–H groups in total. The van der Waals surface area contributed by atoms with Crippen LogP contribution in [-0.4, -0.2) is 89.0 Å². The van der Waals surface area contributed by atoms with Crippen LogP contribution >= 0.6 is 0 Å². The minimum absolute atomic E-state index is 0. The third-order valence-corrected chi connectivity index (χ3v) is 3.89. The zero-order valence-electron chi connectivity index (χ0n) is 32.1. The fourth-order valence-corrected chi connectivity index (χ4v) is 1.02. The summed E-state index contributed by atoms with van der Waals surface area (Å²) in [5.41, 5.74) is 0.804. The zero-order chi connectivity index (χ0) is 42.6. The van der Waals surface area contributed by atoms with Crippen LogP contribution in [0.15, 0.2) is 72.9 Å². The molecule has 0 fully saturated rings. The number of hydrogen-bond acceptors (Lipinski definition) is 18. The van der Waals surface area contributed by atoms with Crippen LogP contribution in [0.5, 0.6) is 0 Å². The number of carboxylic acid groups (broad SMARTS) is 4. The van der Waals surface area contributed by atoms with Gasteiger partial charge in [-0.25, -0.2) is 9.59 Å². The first-order valence-corrected chi connectivity index (χ1v) is 14.5. The van der Waals surface area contributed by atoms with E-state index in [9.17, 15) is 49.2 Å². The molecule has 0 aromatic heterocycles. The van der Waals surface area contributed by atoms with E-state index in [1.807, 2.05) is 0 Å². The van der Waals surface area contributed by atoms with E-state index in [1.54, 1.807) is 28.1 Å². The van der Waals surface area contributed by atoms with E-state index in [0.717, 1.165) is 0 Å². The fourth-order valence-electron chi connectivity index (χ4n) is 1.02. The van der Waals surface area contributed by atoms with Crippen LogP contribution in [-0.2, 0) is 89.0 Å². The van der Waals surface area contributed by atoms with Crippen LogP contribution in [0.25, 0.3) is 0 Å². The van der Waals surface area contributed by atoms with Crippen LogP contribution in [0, 0.1) is 0 Å². The van der Waals surface area contributed by atoms with Gasteiger partial charge in [0.2, 0.25) is 0 Å². The molecular weight excluding hydrogens is 744 g/mol. The molecule has 0 aliphatic heterocycles. The summed E-state index contributed by atoms with van der Waals surface area (Å²) in [4.78, 5) is 77.7. The minimum Gasteiger partial charge on any atom is -0.545 e. The van der Waals surface area contributed by atoms with Gasteiger partial charge in [-0.15, -0.1) is 0 Å². The zero-order valence-corrected chi connectivity index (χ0v) is 33.6. The largest absolute Gasteiger partial charge is 4.00 e. The van der Waals surface area contributed by atoms with Crippen LogP contribution in [0.3, 0.4) is 0 Å². The molecule has 19 heteroatoms. The van der Waals surface area contributed by atoms with Crippen molar-refractivity contribution in [3.8, 4) is 0 Å². The number of carboxylic acids is 4. The van der Waals surface area contributed by atoms with E-state index < -0.39 is 48.4 Å². The Morgan fingerprint density at radius 2 is 0.642 bits per heavy atom. The number of methoxy groups -OCH3 is 2. The van der Waals surface area contributed by atoms with Gasteiger partial charge < -0.3 is 58.6 Å². The topological polar surface area (TPSA) is 268 Å². The average molecular weight is 797 g/mol. The van der Waals surface area contributed by atoms with Gasteiger partial charge in [0.15, 0.2) is 12.6 Å². The molecule has 0 aliphatic carbocycles. The van der Waals surface area contributed by atoms with Gasteiger partial charge in [0.1, 0.15) is 0 Å². The predicted octanol–water partition coefficient (Wildman–Crippen LogP) is -0.660. The minimum atomic E-state index is -1.19. The molecule has 0 rings (SSSR count). The van der Waals surface area contributed by atoms with E-state index in [1.165, 1.54) is 41.5 Å². The Morgan fingerprint density at radius 3 is 0.774 bits per heavy atom. The Kier molecular flexibility index (Phi) is 50.7. The smallest absolute Gasteiger partial charge is 0.545 e. The second-order valence-corrected chi connectivity index (χ2v) is 9.63. The molecule has 18 nitrogen and oxygen atoms in total. The number of carbonyl (C=O) groups is 6. The second-order valence-electron chi connectivity index (χ2n) is 9.63. The Morgan fingerprint density at radius 1 is 0.453 bits per heavy atom. The van der Waals surface area contributed by atoms with Crippen molar-refractivity contribution in [1.29, 1.82) is 0 Å². The van der Waals surface area contributed by atoms with Crippen molar-refractivity contribution in [2.45, 2.75) is 68.0 Å². The third-order valence-electron chi connectivity index (χ3n) is 3.89. The fraction of sp³-hybridized carbons (Fsp3) is 0.471. The van der Waals surface area contributed by atoms with Gasteiger partial charge in [0, 0.05) is 25.4 Å². The molecule has 0 aromatic carbocycles. The van der Waals surface area contributed by atoms with Crippen molar-refractivity contribution < 1.29 is 109 Å². The number of aliphatic carboxylic acids is 4. The maximum Gasteiger partial charge on any atom is 4.00 e. The number of carbonyl (C=O) groups excluding carboxylic acids is 6. The second kappa shape index (κ2) is 42.1. The average Bonchev–Trinajstić information content (AvgIpc) is 3.03. The van der Waals surface area contributed by atoms with E-state index in [-0.39, 0.29) is 55.2 Å². The Bertz CT molecular complexity index is 990. The molecule has 0 spiro atoms. The van der Waals surface area contributed by atoms with Gasteiger partial charge in [0.25, 0.3) is 0 Å². The molecule has 0 saturated carbocycles. The molecule has 0 radical (unpaired) electrons. The molecule has 0 saturated heterocycles. The summed E-state index contributed by atoms with van der Waals surface area (Å²) in [7, 11) is 3.13. The Labute approximate surface area is 326 Å². The number of hydrogen-bond donors (Lipinski definition) is 0. The molecule has 0 heterocycles. The first kappa shape index (κ1) is 63.8. The quantitative estimate of drug-likeness (QED) is 0.0416. The first-order chi connectivity index (χ1) is 23.7. The van der Waals surface area contributed by atoms with Gasteiger partial charge in [-0.1, -0.05) is 39.5 Å². The summed E-state index contributed by atoms with van der Waals surface area (Å²) < 4.78 is 19.6. The van der Waals surface area contributed by atoms with Crippen molar-refractivity contribution in [3.63, 3.8) is 0 Å². The van der Waals surface area contributed by atoms with Crippen molar-refractivity contribution in [1.82, 2.24) is 0 Å². The Hall–Kier alpha value is -4.27. The summed E-state index contributed by atoms with van der Waals surface area (Å²) in [5, 5.41) is 38.0. The monoisotopic (exact) mass is 796 g/mol. The number of ether oxygens (including phenoxy) is 4. The van der Waals surface area contributed by atoms with Crippen LogP contribution in [0.1, 0.15) is 55.4 Å². The Balaban J connectivity index is -0.000000100. The summed E-state index contributed by atoms with van der Waals surface area (Å²) in [6.07, 6.45) is -1.23.